The lowest BCUT2D eigenvalue weighted by Crippen LogP contribution is -2.26. The van der Waals surface area contributed by atoms with Crippen LogP contribution in [0.3, 0.4) is 0 Å². The van der Waals surface area contributed by atoms with Crippen molar-refractivity contribution < 1.29 is 27.5 Å². The van der Waals surface area contributed by atoms with Crippen LogP contribution in [0.4, 0.5) is 23.2 Å². The fourth-order valence-electron chi connectivity index (χ4n) is 1.85. The van der Waals surface area contributed by atoms with Gasteiger partial charge < -0.3 is 10.4 Å². The molecule has 0 spiro atoms. The van der Waals surface area contributed by atoms with Crippen LogP contribution in [0.25, 0.3) is 5.69 Å². The summed E-state index contributed by atoms with van der Waals surface area (Å²) in [4.78, 5) is 22.7. The number of rotatable bonds is 4. The third-order valence-corrected chi connectivity index (χ3v) is 3.45. The van der Waals surface area contributed by atoms with Crippen LogP contribution in [0.2, 0.25) is 5.02 Å². The highest BCUT2D eigenvalue weighted by Gasteiger charge is 2.32. The fourth-order valence-corrected chi connectivity index (χ4v) is 2.05. The van der Waals surface area contributed by atoms with E-state index in [1.165, 1.54) is 6.92 Å². The maximum Gasteiger partial charge on any atom is 0.418 e. The second-order valence-corrected chi connectivity index (χ2v) is 5.39. The largest absolute Gasteiger partial charge is 0.480 e. The monoisotopic (exact) mass is 379 g/mol. The summed E-state index contributed by atoms with van der Waals surface area (Å²) in [6.45, 7) is 1.30. The fraction of sp³-hybridized carbons (Fsp3) is 0.214. The molecular formula is C14H10ClF4N3O3. The Morgan fingerprint density at radius 3 is 2.52 bits per heavy atom. The molecule has 2 aromatic rings. The van der Waals surface area contributed by atoms with Gasteiger partial charge in [0.2, 0.25) is 0 Å². The second kappa shape index (κ2) is 6.71. The van der Waals surface area contributed by atoms with Crippen molar-refractivity contribution in [1.82, 2.24) is 9.78 Å². The second-order valence-electron chi connectivity index (χ2n) is 4.98. The zero-order valence-corrected chi connectivity index (χ0v) is 13.2. The van der Waals surface area contributed by atoms with Gasteiger partial charge in [-0.15, -0.1) is 0 Å². The molecule has 1 atom stereocenters. The van der Waals surface area contributed by atoms with Gasteiger partial charge in [-0.05, 0) is 19.1 Å². The van der Waals surface area contributed by atoms with Crippen LogP contribution in [0.5, 0.6) is 0 Å². The van der Waals surface area contributed by atoms with Crippen LogP contribution in [-0.2, 0) is 11.0 Å². The van der Waals surface area contributed by atoms with E-state index in [1.54, 1.807) is 0 Å². The molecule has 2 N–H and O–H groups in total. The Hall–Kier alpha value is -2.62. The number of nitrogens with one attached hydrogen (secondary N) is 1. The SMILES string of the molecule is CC(Nc1cc(-n2ncc(C(F)(F)F)cc2=O)c(F)cc1Cl)C(=O)O. The lowest BCUT2D eigenvalue weighted by Gasteiger charge is -2.15. The molecule has 1 heterocycles. The normalized spacial score (nSPS) is 12.7. The Bertz CT molecular complexity index is 883. The maximum absolute atomic E-state index is 14.1. The number of nitrogens with zero attached hydrogens (tertiary/aromatic N) is 2. The van der Waals surface area contributed by atoms with Crippen LogP contribution in [0.1, 0.15) is 12.5 Å². The molecule has 0 bridgehead atoms. The highest BCUT2D eigenvalue weighted by Crippen LogP contribution is 2.29. The van der Waals surface area contributed by atoms with Crippen LogP contribution < -0.4 is 10.9 Å². The van der Waals surface area contributed by atoms with Gasteiger partial charge in [-0.2, -0.15) is 23.0 Å². The topological polar surface area (TPSA) is 84.2 Å². The van der Waals surface area contributed by atoms with Crippen molar-refractivity contribution in [3.63, 3.8) is 0 Å². The molecule has 0 saturated carbocycles. The maximum atomic E-state index is 14.1. The Kier molecular flexibility index (Phi) is 5.02. The molecule has 1 unspecified atom stereocenters. The van der Waals surface area contributed by atoms with Gasteiger partial charge in [0.25, 0.3) is 5.56 Å². The highest BCUT2D eigenvalue weighted by molar-refractivity contribution is 6.33. The van der Waals surface area contributed by atoms with Gasteiger partial charge in [0, 0.05) is 6.07 Å². The molecule has 1 aromatic heterocycles. The average Bonchev–Trinajstić information content (AvgIpc) is 2.49. The zero-order chi connectivity index (χ0) is 18.9. The van der Waals surface area contributed by atoms with E-state index in [-0.39, 0.29) is 16.8 Å². The molecule has 0 aliphatic heterocycles. The number of anilines is 1. The summed E-state index contributed by atoms with van der Waals surface area (Å²) >= 11 is 5.81. The van der Waals surface area contributed by atoms with Gasteiger partial charge in [0.05, 0.1) is 22.5 Å². The molecule has 1 aromatic carbocycles. The van der Waals surface area contributed by atoms with Crippen molar-refractivity contribution in [3.05, 3.63) is 51.2 Å². The summed E-state index contributed by atoms with van der Waals surface area (Å²) < 4.78 is 52.2. The summed E-state index contributed by atoms with van der Waals surface area (Å²) in [5.74, 6) is -2.24. The van der Waals surface area contributed by atoms with E-state index >= 15 is 0 Å². The minimum absolute atomic E-state index is 0.0263. The van der Waals surface area contributed by atoms with E-state index in [0.29, 0.717) is 10.9 Å². The van der Waals surface area contributed by atoms with E-state index in [1.807, 2.05) is 0 Å². The Morgan fingerprint density at radius 1 is 1.36 bits per heavy atom. The molecule has 0 aliphatic rings. The number of hydrogen-bond acceptors (Lipinski definition) is 4. The van der Waals surface area contributed by atoms with E-state index < -0.39 is 40.8 Å². The first-order valence-corrected chi connectivity index (χ1v) is 7.04. The minimum atomic E-state index is -4.77. The van der Waals surface area contributed by atoms with Crippen LogP contribution in [0, 0.1) is 5.82 Å². The Morgan fingerprint density at radius 2 is 2.00 bits per heavy atom. The summed E-state index contributed by atoms with van der Waals surface area (Å²) in [5, 5.41) is 14.5. The first kappa shape index (κ1) is 18.7. The highest BCUT2D eigenvalue weighted by atomic mass is 35.5. The number of aromatic nitrogens is 2. The number of carboxylic acid groups (broad SMARTS) is 1. The smallest absolute Gasteiger partial charge is 0.418 e. The molecule has 0 amide bonds. The number of benzene rings is 1. The van der Waals surface area contributed by atoms with E-state index in [0.717, 1.165) is 12.1 Å². The molecule has 0 fully saturated rings. The summed E-state index contributed by atoms with van der Waals surface area (Å²) in [5.41, 5.74) is -3.00. The first-order valence-electron chi connectivity index (χ1n) is 6.66. The number of halogens is 5. The number of hydrogen-bond donors (Lipinski definition) is 2. The van der Waals surface area contributed by atoms with Gasteiger partial charge >= 0.3 is 12.1 Å². The quantitative estimate of drug-likeness (QED) is 0.798. The molecule has 11 heteroatoms. The number of carboxylic acids is 1. The number of aliphatic carboxylic acids is 1. The van der Waals surface area contributed by atoms with Crippen molar-refractivity contribution in [2.45, 2.75) is 19.1 Å². The Labute approximate surface area is 142 Å². The minimum Gasteiger partial charge on any atom is -0.480 e. The molecule has 6 nitrogen and oxygen atoms in total. The van der Waals surface area contributed by atoms with E-state index in [2.05, 4.69) is 10.4 Å². The van der Waals surface area contributed by atoms with Crippen molar-refractivity contribution in [1.29, 1.82) is 0 Å². The summed E-state index contributed by atoms with van der Waals surface area (Å²) in [6, 6.07) is 0.958. The van der Waals surface area contributed by atoms with Gasteiger partial charge in [-0.1, -0.05) is 11.6 Å². The summed E-state index contributed by atoms with van der Waals surface area (Å²) in [7, 11) is 0. The number of alkyl halides is 3. The van der Waals surface area contributed by atoms with Gasteiger partial charge in [-0.25, -0.2) is 4.39 Å². The lowest BCUT2D eigenvalue weighted by atomic mass is 10.2. The molecule has 134 valence electrons. The molecule has 25 heavy (non-hydrogen) atoms. The molecule has 0 saturated heterocycles. The predicted molar refractivity (Wildman–Crippen MR) is 80.5 cm³/mol. The molecule has 2 rings (SSSR count). The van der Waals surface area contributed by atoms with Crippen LogP contribution >= 0.6 is 11.6 Å². The first-order chi connectivity index (χ1) is 11.5. The van der Waals surface area contributed by atoms with E-state index in [4.69, 9.17) is 16.7 Å². The van der Waals surface area contributed by atoms with Crippen molar-refractivity contribution >= 4 is 23.3 Å². The third kappa shape index (κ3) is 4.08. The molecule has 0 radical (unpaired) electrons. The molecular weight excluding hydrogens is 370 g/mol. The van der Waals surface area contributed by atoms with Gasteiger partial charge in [-0.3, -0.25) is 9.59 Å². The third-order valence-electron chi connectivity index (χ3n) is 3.13. The van der Waals surface area contributed by atoms with Crippen molar-refractivity contribution in [3.8, 4) is 5.69 Å². The van der Waals surface area contributed by atoms with Crippen molar-refractivity contribution in [2.75, 3.05) is 5.32 Å². The van der Waals surface area contributed by atoms with Crippen LogP contribution in [0.15, 0.2) is 29.2 Å². The zero-order valence-electron chi connectivity index (χ0n) is 12.4. The predicted octanol–water partition coefficient (Wildman–Crippen LogP) is 2.93. The van der Waals surface area contributed by atoms with Crippen molar-refractivity contribution in [2.24, 2.45) is 0 Å². The molecule has 0 aliphatic carbocycles. The summed E-state index contributed by atoms with van der Waals surface area (Å²) in [6.07, 6.45) is -4.39. The van der Waals surface area contributed by atoms with E-state index in [9.17, 15) is 27.2 Å². The number of carbonyl (C=O) groups is 1. The average molecular weight is 380 g/mol. The lowest BCUT2D eigenvalue weighted by molar-refractivity contribution is -0.138. The standard InChI is InChI=1S/C14H10ClF4N3O3/c1-6(13(24)25)21-10-4-11(9(16)3-8(10)15)22-12(23)2-7(5-20-22)14(17,18)19/h2-6,21H,1H3,(H,24,25). The van der Waals surface area contributed by atoms with Crippen LogP contribution in [-0.4, -0.2) is 26.9 Å². The Balaban J connectivity index is 2.53. The van der Waals surface area contributed by atoms with Gasteiger partial charge in [0.15, 0.2) is 5.82 Å². The van der Waals surface area contributed by atoms with Gasteiger partial charge in [0.1, 0.15) is 11.7 Å².